The first-order valence-electron chi connectivity index (χ1n) is 11.3. The van der Waals surface area contributed by atoms with E-state index < -0.39 is 17.7 Å². The molecule has 35 heavy (non-hydrogen) atoms. The van der Waals surface area contributed by atoms with Crippen LogP contribution in [0, 0.1) is 17.5 Å². The summed E-state index contributed by atoms with van der Waals surface area (Å²) in [6.07, 6.45) is -0.781. The fraction of sp³-hybridized carbons (Fsp3) is 0.172. The Morgan fingerprint density at radius 1 is 0.857 bits per heavy atom. The van der Waals surface area contributed by atoms with Gasteiger partial charge in [-0.25, -0.2) is 13.2 Å². The van der Waals surface area contributed by atoms with Gasteiger partial charge in [0.15, 0.2) is 11.6 Å². The second-order valence-corrected chi connectivity index (χ2v) is 8.58. The largest absolute Gasteiger partial charge is 0.489 e. The molecule has 0 spiro atoms. The van der Waals surface area contributed by atoms with Crippen LogP contribution >= 0.6 is 0 Å². The first-order valence-corrected chi connectivity index (χ1v) is 11.3. The standard InChI is InChI=1S/C29H23F3O3/c1-17(33)19-3-5-20(6-4-19)23-12-13-24(29(32)28(23)31)21-7-9-22(10-8-21)34-15-18-2-11-25(26(30)14-18)27-16-35-27/h2-14,17,27,33H,15-16H2,1H3. The normalized spacial score (nSPS) is 15.6. The van der Waals surface area contributed by atoms with E-state index >= 15 is 0 Å². The van der Waals surface area contributed by atoms with Crippen LogP contribution in [0.5, 0.6) is 5.75 Å². The number of ether oxygens (including phenoxy) is 2. The van der Waals surface area contributed by atoms with Crippen LogP contribution in [0.25, 0.3) is 22.3 Å². The molecule has 0 aromatic heterocycles. The molecular formula is C29H23F3O3. The SMILES string of the molecule is CC(O)c1ccc(-c2ccc(-c3ccc(OCc4ccc(C5CO5)c(F)c4)cc3)c(F)c2F)cc1. The molecule has 0 amide bonds. The molecular weight excluding hydrogens is 453 g/mol. The highest BCUT2D eigenvalue weighted by molar-refractivity contribution is 5.72. The second kappa shape index (κ2) is 9.56. The molecule has 1 heterocycles. The molecule has 178 valence electrons. The molecule has 0 radical (unpaired) electrons. The van der Waals surface area contributed by atoms with E-state index in [4.69, 9.17) is 9.47 Å². The minimum Gasteiger partial charge on any atom is -0.489 e. The monoisotopic (exact) mass is 476 g/mol. The van der Waals surface area contributed by atoms with E-state index in [0.717, 1.165) is 0 Å². The van der Waals surface area contributed by atoms with Gasteiger partial charge in [0.2, 0.25) is 0 Å². The van der Waals surface area contributed by atoms with Gasteiger partial charge in [-0.15, -0.1) is 0 Å². The third-order valence-electron chi connectivity index (χ3n) is 6.10. The second-order valence-electron chi connectivity index (χ2n) is 8.58. The third kappa shape index (κ3) is 4.94. The summed E-state index contributed by atoms with van der Waals surface area (Å²) in [5.74, 6) is -1.66. The Balaban J connectivity index is 1.29. The summed E-state index contributed by atoms with van der Waals surface area (Å²) in [5.41, 5.74) is 3.24. The molecule has 2 unspecified atom stereocenters. The van der Waals surface area contributed by atoms with Crippen molar-refractivity contribution < 1.29 is 27.8 Å². The van der Waals surface area contributed by atoms with Crippen LogP contribution in [0.4, 0.5) is 13.2 Å². The van der Waals surface area contributed by atoms with E-state index in [2.05, 4.69) is 0 Å². The van der Waals surface area contributed by atoms with Crippen molar-refractivity contribution in [3.05, 3.63) is 113 Å². The number of rotatable bonds is 7. The fourth-order valence-corrected chi connectivity index (χ4v) is 3.98. The molecule has 1 fully saturated rings. The number of hydrogen-bond donors (Lipinski definition) is 1. The number of aliphatic hydroxyl groups excluding tert-OH is 1. The summed E-state index contributed by atoms with van der Waals surface area (Å²) >= 11 is 0. The molecule has 0 aliphatic carbocycles. The maximum atomic E-state index is 15.0. The van der Waals surface area contributed by atoms with E-state index in [1.807, 2.05) is 0 Å². The fourth-order valence-electron chi connectivity index (χ4n) is 3.98. The highest BCUT2D eigenvalue weighted by Gasteiger charge is 2.27. The lowest BCUT2D eigenvalue weighted by Crippen LogP contribution is -1.98. The third-order valence-corrected chi connectivity index (χ3v) is 6.10. The van der Waals surface area contributed by atoms with Gasteiger partial charge in [0.1, 0.15) is 24.3 Å². The number of hydrogen-bond acceptors (Lipinski definition) is 3. The maximum Gasteiger partial charge on any atom is 0.167 e. The van der Waals surface area contributed by atoms with Gasteiger partial charge >= 0.3 is 0 Å². The van der Waals surface area contributed by atoms with Crippen LogP contribution in [0.1, 0.15) is 35.8 Å². The van der Waals surface area contributed by atoms with Gasteiger partial charge in [0, 0.05) is 16.7 Å². The predicted octanol–water partition coefficient (Wildman–Crippen LogP) is 7.14. The topological polar surface area (TPSA) is 42.0 Å². The zero-order valence-electron chi connectivity index (χ0n) is 19.0. The van der Waals surface area contributed by atoms with Gasteiger partial charge in [0.05, 0.1) is 12.7 Å². The number of halogens is 3. The van der Waals surface area contributed by atoms with Crippen LogP contribution in [0.3, 0.4) is 0 Å². The summed E-state index contributed by atoms with van der Waals surface area (Å²) in [5, 5.41) is 9.64. The van der Waals surface area contributed by atoms with Crippen molar-refractivity contribution in [2.75, 3.05) is 6.61 Å². The Hall–Kier alpha value is -3.61. The van der Waals surface area contributed by atoms with Gasteiger partial charge in [-0.3, -0.25) is 0 Å². The van der Waals surface area contributed by atoms with Crippen molar-refractivity contribution in [3.8, 4) is 28.0 Å². The number of benzene rings is 4. The maximum absolute atomic E-state index is 15.0. The Bertz CT molecular complexity index is 1350. The lowest BCUT2D eigenvalue weighted by Gasteiger charge is -2.12. The number of aliphatic hydroxyl groups is 1. The molecule has 5 rings (SSSR count). The van der Waals surface area contributed by atoms with Crippen LogP contribution in [-0.4, -0.2) is 11.7 Å². The molecule has 1 N–H and O–H groups in total. The quantitative estimate of drug-likeness (QED) is 0.288. The molecule has 4 aromatic rings. The molecule has 2 atom stereocenters. The Morgan fingerprint density at radius 3 is 1.94 bits per heavy atom. The Kier molecular flexibility index (Phi) is 6.32. The molecule has 0 bridgehead atoms. The Labute approximate surface area is 201 Å². The van der Waals surface area contributed by atoms with E-state index in [9.17, 15) is 18.3 Å². The molecule has 1 aliphatic heterocycles. The zero-order valence-corrected chi connectivity index (χ0v) is 19.0. The van der Waals surface area contributed by atoms with Crippen molar-refractivity contribution in [1.82, 2.24) is 0 Å². The van der Waals surface area contributed by atoms with Crippen molar-refractivity contribution >= 4 is 0 Å². The highest BCUT2D eigenvalue weighted by atomic mass is 19.2. The van der Waals surface area contributed by atoms with Gasteiger partial charge in [-0.1, -0.05) is 60.7 Å². The van der Waals surface area contributed by atoms with Crippen LogP contribution < -0.4 is 4.74 Å². The Morgan fingerprint density at radius 2 is 1.43 bits per heavy atom. The summed E-state index contributed by atoms with van der Waals surface area (Å²) in [7, 11) is 0. The molecule has 1 saturated heterocycles. The van der Waals surface area contributed by atoms with Gasteiger partial charge in [-0.2, -0.15) is 0 Å². The van der Waals surface area contributed by atoms with Crippen molar-refractivity contribution in [3.63, 3.8) is 0 Å². The van der Waals surface area contributed by atoms with E-state index in [-0.39, 0.29) is 29.7 Å². The first-order chi connectivity index (χ1) is 16.9. The van der Waals surface area contributed by atoms with Gasteiger partial charge < -0.3 is 14.6 Å². The van der Waals surface area contributed by atoms with Crippen molar-refractivity contribution in [2.45, 2.75) is 25.7 Å². The minimum absolute atomic E-state index is 0.137. The molecule has 0 saturated carbocycles. The lowest BCUT2D eigenvalue weighted by atomic mass is 9.97. The number of epoxide rings is 1. The molecule has 4 aromatic carbocycles. The molecule has 3 nitrogen and oxygen atoms in total. The highest BCUT2D eigenvalue weighted by Crippen LogP contribution is 2.34. The van der Waals surface area contributed by atoms with E-state index in [0.29, 0.717) is 40.2 Å². The van der Waals surface area contributed by atoms with Gasteiger partial charge in [-0.05, 0) is 47.4 Å². The molecule has 1 aliphatic rings. The van der Waals surface area contributed by atoms with Crippen LogP contribution in [0.15, 0.2) is 78.9 Å². The van der Waals surface area contributed by atoms with E-state index in [1.165, 1.54) is 6.07 Å². The van der Waals surface area contributed by atoms with Crippen LogP contribution in [0.2, 0.25) is 0 Å². The summed E-state index contributed by atoms with van der Waals surface area (Å²) in [6.45, 7) is 2.36. The zero-order chi connectivity index (χ0) is 24.5. The average molecular weight is 476 g/mol. The summed E-state index contributed by atoms with van der Waals surface area (Å²) in [6, 6.07) is 21.3. The predicted molar refractivity (Wildman–Crippen MR) is 127 cm³/mol. The van der Waals surface area contributed by atoms with E-state index in [1.54, 1.807) is 79.7 Å². The molecule has 6 heteroatoms. The summed E-state index contributed by atoms with van der Waals surface area (Å²) in [4.78, 5) is 0. The lowest BCUT2D eigenvalue weighted by molar-refractivity contribution is 0.199. The summed E-state index contributed by atoms with van der Waals surface area (Å²) < 4.78 is 54.9. The average Bonchev–Trinajstić information content (AvgIpc) is 3.70. The van der Waals surface area contributed by atoms with Gasteiger partial charge in [0.25, 0.3) is 0 Å². The van der Waals surface area contributed by atoms with Crippen molar-refractivity contribution in [1.29, 1.82) is 0 Å². The van der Waals surface area contributed by atoms with Crippen molar-refractivity contribution in [2.24, 2.45) is 0 Å². The van der Waals surface area contributed by atoms with Crippen LogP contribution in [-0.2, 0) is 11.3 Å². The first kappa shape index (κ1) is 23.1. The minimum atomic E-state index is -0.939. The smallest absolute Gasteiger partial charge is 0.167 e.